The monoisotopic (exact) mass is 337 g/mol. The van der Waals surface area contributed by atoms with Gasteiger partial charge in [0.1, 0.15) is 10.9 Å². The van der Waals surface area contributed by atoms with Crippen molar-refractivity contribution in [2.24, 2.45) is 0 Å². The quantitative estimate of drug-likeness (QED) is 0.499. The third-order valence-electron chi connectivity index (χ3n) is 4.51. The van der Waals surface area contributed by atoms with Gasteiger partial charge < -0.3 is 9.16 Å². The van der Waals surface area contributed by atoms with Crippen LogP contribution < -0.4 is 4.74 Å². The summed E-state index contributed by atoms with van der Waals surface area (Å²) in [5.74, 6) is 0.822. The van der Waals surface area contributed by atoms with Crippen molar-refractivity contribution in [3.05, 3.63) is 35.0 Å². The number of ether oxygens (including phenoxy) is 1. The molecule has 3 nitrogen and oxygen atoms in total. The van der Waals surface area contributed by atoms with Gasteiger partial charge in [0.05, 0.1) is 19.2 Å². The molecule has 5 heteroatoms. The molecule has 1 aromatic heterocycles. The topological polar surface area (TPSA) is 31.4 Å². The predicted molar refractivity (Wildman–Crippen MR) is 95.3 cm³/mol. The van der Waals surface area contributed by atoms with Crippen molar-refractivity contribution in [3.63, 3.8) is 0 Å². The van der Waals surface area contributed by atoms with E-state index in [1.54, 1.807) is 7.11 Å². The average molecular weight is 338 g/mol. The van der Waals surface area contributed by atoms with Crippen LogP contribution in [-0.4, -0.2) is 20.4 Å². The SMILES string of the molecule is CC[Si](CC)(CC)OCc1cc2cc(OC)ccc2nc1Cl. The Hall–Kier alpha value is -1.10. The lowest BCUT2D eigenvalue weighted by atomic mass is 10.1. The lowest BCUT2D eigenvalue weighted by Gasteiger charge is -2.28. The lowest BCUT2D eigenvalue weighted by Crippen LogP contribution is -2.35. The first-order valence-electron chi connectivity index (χ1n) is 7.84. The number of rotatable bonds is 7. The van der Waals surface area contributed by atoms with Crippen LogP contribution in [0.5, 0.6) is 5.75 Å². The van der Waals surface area contributed by atoms with E-state index in [4.69, 9.17) is 20.8 Å². The predicted octanol–water partition coefficient (Wildman–Crippen LogP) is 5.42. The second-order valence-corrected chi connectivity index (χ2v) is 10.7. The fraction of sp³-hybridized carbons (Fsp3) is 0.471. The molecule has 1 heterocycles. The van der Waals surface area contributed by atoms with Gasteiger partial charge in [-0.2, -0.15) is 0 Å². The summed E-state index contributed by atoms with van der Waals surface area (Å²) in [6.07, 6.45) is 0. The Kier molecular flexibility index (Phi) is 5.84. The Bertz CT molecular complexity index is 636. The third kappa shape index (κ3) is 3.62. The van der Waals surface area contributed by atoms with Crippen LogP contribution in [0.1, 0.15) is 26.3 Å². The minimum Gasteiger partial charge on any atom is -0.497 e. The second-order valence-electron chi connectivity index (χ2n) is 5.53. The molecule has 0 aliphatic heterocycles. The van der Waals surface area contributed by atoms with E-state index in [9.17, 15) is 0 Å². The highest BCUT2D eigenvalue weighted by Gasteiger charge is 2.28. The van der Waals surface area contributed by atoms with Crippen molar-refractivity contribution < 1.29 is 9.16 Å². The van der Waals surface area contributed by atoms with E-state index in [1.807, 2.05) is 18.2 Å². The molecule has 0 amide bonds. The number of fused-ring (bicyclic) bond motifs is 1. The summed E-state index contributed by atoms with van der Waals surface area (Å²) in [6, 6.07) is 11.3. The van der Waals surface area contributed by atoms with Crippen LogP contribution in [0.2, 0.25) is 23.3 Å². The molecule has 22 heavy (non-hydrogen) atoms. The lowest BCUT2D eigenvalue weighted by molar-refractivity contribution is 0.287. The van der Waals surface area contributed by atoms with Gasteiger partial charge >= 0.3 is 0 Å². The minimum absolute atomic E-state index is 0.531. The van der Waals surface area contributed by atoms with E-state index >= 15 is 0 Å². The molecule has 0 aliphatic carbocycles. The Morgan fingerprint density at radius 1 is 1.09 bits per heavy atom. The Morgan fingerprint density at radius 3 is 2.36 bits per heavy atom. The summed E-state index contributed by atoms with van der Waals surface area (Å²) in [5.41, 5.74) is 1.83. The molecule has 0 fully saturated rings. The van der Waals surface area contributed by atoms with Gasteiger partial charge in [-0.15, -0.1) is 0 Å². The highest BCUT2D eigenvalue weighted by Crippen LogP contribution is 2.28. The molecule has 0 atom stereocenters. The van der Waals surface area contributed by atoms with Crippen LogP contribution in [0, 0.1) is 0 Å². The van der Waals surface area contributed by atoms with Crippen molar-refractivity contribution in [3.8, 4) is 5.75 Å². The Morgan fingerprint density at radius 2 is 1.77 bits per heavy atom. The zero-order valence-electron chi connectivity index (χ0n) is 13.8. The molecular formula is C17H24ClNO2Si. The van der Waals surface area contributed by atoms with E-state index < -0.39 is 8.32 Å². The summed E-state index contributed by atoms with van der Waals surface area (Å²) < 4.78 is 11.6. The number of aromatic nitrogens is 1. The van der Waals surface area contributed by atoms with E-state index in [2.05, 4.69) is 31.8 Å². The van der Waals surface area contributed by atoms with Gasteiger partial charge in [-0.25, -0.2) is 4.98 Å². The number of nitrogens with zero attached hydrogens (tertiary/aromatic N) is 1. The number of benzene rings is 1. The van der Waals surface area contributed by atoms with Gasteiger partial charge in [-0.05, 0) is 42.4 Å². The molecule has 1 aromatic carbocycles. The normalized spacial score (nSPS) is 11.9. The van der Waals surface area contributed by atoms with Gasteiger partial charge in [-0.1, -0.05) is 32.4 Å². The summed E-state index contributed by atoms with van der Waals surface area (Å²) in [4.78, 5) is 4.47. The first-order valence-corrected chi connectivity index (χ1v) is 10.7. The molecule has 0 aliphatic rings. The highest BCUT2D eigenvalue weighted by molar-refractivity contribution is 6.73. The molecule has 0 N–H and O–H groups in total. The molecular weight excluding hydrogens is 314 g/mol. The summed E-state index contributed by atoms with van der Waals surface area (Å²) in [6.45, 7) is 7.22. The molecule has 0 saturated carbocycles. The van der Waals surface area contributed by atoms with Crippen molar-refractivity contribution in [2.45, 2.75) is 45.5 Å². The third-order valence-corrected chi connectivity index (χ3v) is 9.46. The van der Waals surface area contributed by atoms with Crippen molar-refractivity contribution in [1.29, 1.82) is 0 Å². The molecule has 0 saturated heterocycles. The van der Waals surface area contributed by atoms with Crippen LogP contribution >= 0.6 is 11.6 Å². The average Bonchev–Trinajstić information content (AvgIpc) is 2.56. The fourth-order valence-corrected chi connectivity index (χ4v) is 5.46. The van der Waals surface area contributed by atoms with Crippen molar-refractivity contribution in [2.75, 3.05) is 7.11 Å². The van der Waals surface area contributed by atoms with Crippen molar-refractivity contribution >= 4 is 30.8 Å². The number of methoxy groups -OCH3 is 1. The summed E-state index contributed by atoms with van der Waals surface area (Å²) >= 11 is 6.33. The zero-order chi connectivity index (χ0) is 16.2. The largest absolute Gasteiger partial charge is 0.497 e. The molecule has 2 rings (SSSR count). The van der Waals surface area contributed by atoms with Gasteiger partial charge in [-0.3, -0.25) is 0 Å². The van der Waals surface area contributed by atoms with E-state index in [0.717, 1.165) is 40.3 Å². The number of hydrogen-bond donors (Lipinski definition) is 0. The number of hydrogen-bond acceptors (Lipinski definition) is 3. The van der Waals surface area contributed by atoms with E-state index in [1.165, 1.54) is 0 Å². The van der Waals surface area contributed by atoms with Crippen molar-refractivity contribution in [1.82, 2.24) is 4.98 Å². The maximum atomic E-state index is 6.33. The van der Waals surface area contributed by atoms with Crippen LogP contribution in [0.25, 0.3) is 10.9 Å². The van der Waals surface area contributed by atoms with Crippen LogP contribution in [0.15, 0.2) is 24.3 Å². The van der Waals surface area contributed by atoms with Crippen LogP contribution in [0.3, 0.4) is 0 Å². The smallest absolute Gasteiger partial charge is 0.192 e. The van der Waals surface area contributed by atoms with E-state index in [0.29, 0.717) is 11.8 Å². The highest BCUT2D eigenvalue weighted by atomic mass is 35.5. The number of pyridine rings is 1. The summed E-state index contributed by atoms with van der Waals surface area (Å²) in [7, 11) is 0.0454. The fourth-order valence-electron chi connectivity index (χ4n) is 2.69. The maximum Gasteiger partial charge on any atom is 0.192 e. The molecule has 2 aromatic rings. The maximum absolute atomic E-state index is 6.33. The molecule has 120 valence electrons. The first-order chi connectivity index (χ1) is 10.6. The Balaban J connectivity index is 2.28. The van der Waals surface area contributed by atoms with E-state index in [-0.39, 0.29) is 0 Å². The van der Waals surface area contributed by atoms with Crippen LogP contribution in [-0.2, 0) is 11.0 Å². The molecule has 0 bridgehead atoms. The van der Waals surface area contributed by atoms with Gasteiger partial charge in [0.25, 0.3) is 0 Å². The Labute approximate surface area is 138 Å². The number of halogens is 1. The standard InChI is InChI=1S/C17H24ClNO2Si/c1-5-22(6-2,7-3)21-12-14-10-13-11-15(20-4)8-9-16(13)19-17(14)18/h8-11H,5-7,12H2,1-4H3. The molecule has 0 unspecified atom stereocenters. The molecule has 0 radical (unpaired) electrons. The first kappa shape index (κ1) is 17.3. The molecule has 0 spiro atoms. The minimum atomic E-state index is -1.62. The van der Waals surface area contributed by atoms with Crippen LogP contribution in [0.4, 0.5) is 0 Å². The summed E-state index contributed by atoms with van der Waals surface area (Å²) in [5, 5.41) is 1.56. The van der Waals surface area contributed by atoms with Gasteiger partial charge in [0, 0.05) is 10.9 Å². The second kappa shape index (κ2) is 7.44. The van der Waals surface area contributed by atoms with Gasteiger partial charge in [0.15, 0.2) is 8.32 Å². The zero-order valence-corrected chi connectivity index (χ0v) is 15.5. The van der Waals surface area contributed by atoms with Gasteiger partial charge in [0.2, 0.25) is 0 Å².